The maximum Gasteiger partial charge on any atom is 0.190 e. The average Bonchev–Trinajstić information content (AvgIpc) is 2.77. The highest BCUT2D eigenvalue weighted by Gasteiger charge is 2.26. The van der Waals surface area contributed by atoms with E-state index in [1.165, 1.54) is 0 Å². The molecule has 2 aromatic rings. The molecule has 1 heterocycles. The van der Waals surface area contributed by atoms with Gasteiger partial charge in [-0.3, -0.25) is 4.79 Å². The fourth-order valence-electron chi connectivity index (χ4n) is 1.50. The Hall–Kier alpha value is -1.90. The summed E-state index contributed by atoms with van der Waals surface area (Å²) in [5.41, 5.74) is 0.870. The van der Waals surface area contributed by atoms with E-state index in [1.54, 1.807) is 6.07 Å². The average molecular weight is 229 g/mol. The van der Waals surface area contributed by atoms with Crippen molar-refractivity contribution >= 4 is 5.78 Å². The Morgan fingerprint density at radius 3 is 2.41 bits per heavy atom. The van der Waals surface area contributed by atoms with Gasteiger partial charge in [-0.1, -0.05) is 56.3 Å². The van der Waals surface area contributed by atoms with Crippen LogP contribution in [0.25, 0.3) is 11.3 Å². The minimum absolute atomic E-state index is 0.0107. The number of nitrogens with zero attached hydrogens (tertiary/aromatic N) is 1. The molecular weight excluding hydrogens is 214 g/mol. The molecule has 1 aromatic carbocycles. The molecule has 0 saturated carbocycles. The van der Waals surface area contributed by atoms with E-state index < -0.39 is 5.41 Å². The van der Waals surface area contributed by atoms with Gasteiger partial charge in [0.05, 0.1) is 0 Å². The largest absolute Gasteiger partial charge is 0.356 e. The van der Waals surface area contributed by atoms with Gasteiger partial charge in [0, 0.05) is 17.0 Å². The molecule has 0 aliphatic heterocycles. The molecule has 0 N–H and O–H groups in total. The van der Waals surface area contributed by atoms with Gasteiger partial charge in [0.1, 0.15) is 0 Å². The van der Waals surface area contributed by atoms with E-state index in [4.69, 9.17) is 4.52 Å². The molecule has 3 heteroatoms. The van der Waals surface area contributed by atoms with Crippen LogP contribution in [0, 0.1) is 5.41 Å². The van der Waals surface area contributed by atoms with Crippen LogP contribution in [0.4, 0.5) is 0 Å². The summed E-state index contributed by atoms with van der Waals surface area (Å²) in [5.74, 6) is 0.613. The zero-order chi connectivity index (χ0) is 12.5. The minimum Gasteiger partial charge on any atom is -0.356 e. The number of Topliss-reactive ketones (excluding diaryl/α,β-unsaturated/α-hetero) is 1. The summed E-state index contributed by atoms with van der Waals surface area (Å²) < 4.78 is 5.20. The molecule has 88 valence electrons. The molecule has 1 aromatic heterocycles. The number of carbonyl (C=O) groups excluding carboxylic acids is 1. The van der Waals surface area contributed by atoms with Crippen molar-refractivity contribution in [2.24, 2.45) is 5.41 Å². The monoisotopic (exact) mass is 229 g/mol. The first-order valence-electron chi connectivity index (χ1n) is 5.55. The van der Waals surface area contributed by atoms with Crippen molar-refractivity contribution in [3.8, 4) is 11.3 Å². The van der Waals surface area contributed by atoms with Crippen molar-refractivity contribution in [1.82, 2.24) is 5.16 Å². The lowest BCUT2D eigenvalue weighted by atomic mass is 9.89. The smallest absolute Gasteiger partial charge is 0.190 e. The van der Waals surface area contributed by atoms with Gasteiger partial charge in [-0.25, -0.2) is 0 Å². The molecule has 0 unspecified atom stereocenters. The Kier molecular flexibility index (Phi) is 2.84. The molecular formula is C14H15NO2. The van der Waals surface area contributed by atoms with Crippen LogP contribution < -0.4 is 0 Å². The first-order valence-corrected chi connectivity index (χ1v) is 5.55. The third-order valence-electron chi connectivity index (χ3n) is 2.48. The Morgan fingerprint density at radius 2 is 1.82 bits per heavy atom. The molecule has 3 nitrogen and oxygen atoms in total. The quantitative estimate of drug-likeness (QED) is 0.739. The molecule has 0 aliphatic carbocycles. The van der Waals surface area contributed by atoms with E-state index in [0.29, 0.717) is 11.5 Å². The van der Waals surface area contributed by atoms with Gasteiger partial charge >= 0.3 is 0 Å². The number of hydrogen-bond acceptors (Lipinski definition) is 3. The van der Waals surface area contributed by atoms with Crippen LogP contribution in [0.3, 0.4) is 0 Å². The molecule has 0 aliphatic rings. The van der Waals surface area contributed by atoms with E-state index >= 15 is 0 Å². The molecule has 0 spiro atoms. The second kappa shape index (κ2) is 4.17. The number of benzene rings is 1. The summed E-state index contributed by atoms with van der Waals surface area (Å²) in [4.78, 5) is 12.0. The summed E-state index contributed by atoms with van der Waals surface area (Å²) in [7, 11) is 0. The molecule has 0 bridgehead atoms. The van der Waals surface area contributed by atoms with Gasteiger partial charge in [0.2, 0.25) is 0 Å². The molecule has 0 fully saturated rings. The second-order valence-electron chi connectivity index (χ2n) is 5.02. The molecule has 2 rings (SSSR count). The van der Waals surface area contributed by atoms with Crippen LogP contribution in [0.1, 0.15) is 31.3 Å². The Bertz CT molecular complexity index is 521. The van der Waals surface area contributed by atoms with Crippen molar-refractivity contribution in [1.29, 1.82) is 0 Å². The summed E-state index contributed by atoms with van der Waals surface area (Å²) in [6, 6.07) is 11.3. The zero-order valence-corrected chi connectivity index (χ0v) is 10.2. The molecule has 0 amide bonds. The molecule has 0 radical (unpaired) electrons. The summed E-state index contributed by atoms with van der Waals surface area (Å²) >= 11 is 0. The first-order chi connectivity index (χ1) is 7.98. The Morgan fingerprint density at radius 1 is 1.18 bits per heavy atom. The summed E-state index contributed by atoms with van der Waals surface area (Å²) in [5, 5.41) is 3.83. The molecule has 0 atom stereocenters. The van der Waals surface area contributed by atoms with Crippen LogP contribution in [0.5, 0.6) is 0 Å². The first kappa shape index (κ1) is 11.6. The predicted molar refractivity (Wildman–Crippen MR) is 65.7 cm³/mol. The van der Waals surface area contributed by atoms with Crippen LogP contribution >= 0.6 is 0 Å². The number of carbonyl (C=O) groups is 1. The maximum absolute atomic E-state index is 12.0. The Balaban J connectivity index is 2.32. The zero-order valence-electron chi connectivity index (χ0n) is 10.2. The maximum atomic E-state index is 12.0. The molecule has 0 saturated heterocycles. The number of rotatable bonds is 2. The fourth-order valence-corrected chi connectivity index (χ4v) is 1.50. The lowest BCUT2D eigenvalue weighted by Gasteiger charge is -2.13. The third-order valence-corrected chi connectivity index (χ3v) is 2.48. The highest BCUT2D eigenvalue weighted by Crippen LogP contribution is 2.24. The number of ketones is 1. The predicted octanol–water partition coefficient (Wildman–Crippen LogP) is 3.57. The number of aromatic nitrogens is 1. The van der Waals surface area contributed by atoms with Crippen molar-refractivity contribution in [2.45, 2.75) is 20.8 Å². The van der Waals surface area contributed by atoms with Gasteiger partial charge in [-0.05, 0) is 0 Å². The van der Waals surface area contributed by atoms with Crippen molar-refractivity contribution in [3.63, 3.8) is 0 Å². The topological polar surface area (TPSA) is 43.1 Å². The van der Waals surface area contributed by atoms with Gasteiger partial charge in [-0.15, -0.1) is 0 Å². The lowest BCUT2D eigenvalue weighted by molar-refractivity contribution is 0.0848. The van der Waals surface area contributed by atoms with Gasteiger partial charge in [0.25, 0.3) is 0 Å². The van der Waals surface area contributed by atoms with Gasteiger partial charge < -0.3 is 4.52 Å². The Labute approximate surface area is 100 Å². The van der Waals surface area contributed by atoms with Gasteiger partial charge in [-0.2, -0.15) is 0 Å². The highest BCUT2D eigenvalue weighted by atomic mass is 16.5. The van der Waals surface area contributed by atoms with Crippen molar-refractivity contribution in [2.75, 3.05) is 0 Å². The third kappa shape index (κ3) is 2.44. The highest BCUT2D eigenvalue weighted by molar-refractivity contribution is 5.98. The normalized spacial score (nSPS) is 11.5. The van der Waals surface area contributed by atoms with Crippen molar-refractivity contribution < 1.29 is 9.32 Å². The standard InChI is InChI=1S/C14H15NO2/c1-14(2,3)13(16)11-9-12(17-15-11)10-7-5-4-6-8-10/h4-9H,1-3H3. The second-order valence-corrected chi connectivity index (χ2v) is 5.02. The van der Waals surface area contributed by atoms with E-state index in [-0.39, 0.29) is 5.78 Å². The SMILES string of the molecule is CC(C)(C)C(=O)c1cc(-c2ccccc2)on1. The fraction of sp³-hybridized carbons (Fsp3) is 0.286. The van der Waals surface area contributed by atoms with E-state index in [9.17, 15) is 4.79 Å². The van der Waals surface area contributed by atoms with E-state index in [2.05, 4.69) is 5.16 Å². The summed E-state index contributed by atoms with van der Waals surface area (Å²) in [6.07, 6.45) is 0. The van der Waals surface area contributed by atoms with Crippen LogP contribution in [-0.2, 0) is 0 Å². The van der Waals surface area contributed by atoms with Crippen molar-refractivity contribution in [3.05, 3.63) is 42.1 Å². The van der Waals surface area contributed by atoms with Crippen LogP contribution in [-0.4, -0.2) is 10.9 Å². The number of hydrogen-bond donors (Lipinski definition) is 0. The van der Waals surface area contributed by atoms with E-state index in [0.717, 1.165) is 5.56 Å². The van der Waals surface area contributed by atoms with Crippen LogP contribution in [0.15, 0.2) is 40.9 Å². The van der Waals surface area contributed by atoms with Gasteiger partial charge in [0.15, 0.2) is 17.2 Å². The minimum atomic E-state index is -0.440. The molecule has 17 heavy (non-hydrogen) atoms. The van der Waals surface area contributed by atoms with E-state index in [1.807, 2.05) is 51.1 Å². The lowest BCUT2D eigenvalue weighted by Crippen LogP contribution is -2.20. The van der Waals surface area contributed by atoms with Crippen LogP contribution in [0.2, 0.25) is 0 Å². The summed E-state index contributed by atoms with van der Waals surface area (Å²) in [6.45, 7) is 5.60.